The number of para-hydroxylation sites is 1. The molecular weight excluding hydrogens is 475 g/mol. The Morgan fingerprint density at radius 1 is 1.16 bits per heavy atom. The Hall–Kier alpha value is -3.76. The molecule has 10 heteroatoms. The van der Waals surface area contributed by atoms with Crippen molar-refractivity contribution in [1.29, 1.82) is 0 Å². The number of benzene rings is 2. The molecule has 0 saturated carbocycles. The van der Waals surface area contributed by atoms with Gasteiger partial charge in [-0.1, -0.05) is 18.2 Å². The van der Waals surface area contributed by atoms with Gasteiger partial charge in [-0.15, -0.1) is 0 Å². The Morgan fingerprint density at radius 2 is 1.97 bits per heavy atom. The van der Waals surface area contributed by atoms with Crippen LogP contribution in [-0.2, 0) is 4.74 Å². The maximum atomic E-state index is 14.7. The van der Waals surface area contributed by atoms with Crippen LogP contribution in [0.3, 0.4) is 0 Å². The summed E-state index contributed by atoms with van der Waals surface area (Å²) in [5.74, 6) is -0.384. The number of nitrogens with one attached hydrogen (secondary N) is 1. The van der Waals surface area contributed by atoms with Crippen molar-refractivity contribution in [3.05, 3.63) is 64.7 Å². The molecule has 6 rings (SSSR count). The highest BCUT2D eigenvalue weighted by Gasteiger charge is 2.37. The van der Waals surface area contributed by atoms with Crippen LogP contribution in [0, 0.1) is 5.82 Å². The first-order chi connectivity index (χ1) is 17.8. The summed E-state index contributed by atoms with van der Waals surface area (Å²) >= 11 is 0. The number of halogens is 1. The molecule has 0 unspecified atom stereocenters. The quantitative estimate of drug-likeness (QED) is 0.457. The second-order valence-electron chi connectivity index (χ2n) is 10.2. The van der Waals surface area contributed by atoms with Crippen molar-refractivity contribution in [2.24, 2.45) is 0 Å². The van der Waals surface area contributed by atoms with Gasteiger partial charge in [-0.05, 0) is 38.1 Å². The molecule has 2 aliphatic heterocycles. The summed E-state index contributed by atoms with van der Waals surface area (Å²) in [6.45, 7) is 8.86. The maximum Gasteiger partial charge on any atom is 0.273 e. The lowest BCUT2D eigenvalue weighted by atomic mass is 10.0. The first-order valence-corrected chi connectivity index (χ1v) is 12.4. The third-order valence-electron chi connectivity index (χ3n) is 7.19. The second kappa shape index (κ2) is 8.97. The molecule has 2 saturated heterocycles. The van der Waals surface area contributed by atoms with Crippen molar-refractivity contribution in [2.75, 3.05) is 44.8 Å². The number of aromatic amines is 1. The molecule has 0 spiro atoms. The summed E-state index contributed by atoms with van der Waals surface area (Å²) < 4.78 is 27.1. The Labute approximate surface area is 213 Å². The van der Waals surface area contributed by atoms with Gasteiger partial charge in [0.2, 0.25) is 0 Å². The van der Waals surface area contributed by atoms with E-state index in [9.17, 15) is 9.18 Å². The van der Waals surface area contributed by atoms with Crippen molar-refractivity contribution >= 4 is 16.7 Å². The van der Waals surface area contributed by atoms with Gasteiger partial charge < -0.3 is 14.4 Å². The van der Waals surface area contributed by atoms with E-state index in [4.69, 9.17) is 9.47 Å². The molecule has 37 heavy (non-hydrogen) atoms. The molecule has 192 valence electrons. The van der Waals surface area contributed by atoms with Crippen LogP contribution in [0.25, 0.3) is 28.0 Å². The van der Waals surface area contributed by atoms with Crippen molar-refractivity contribution in [1.82, 2.24) is 24.9 Å². The smallest absolute Gasteiger partial charge is 0.273 e. The van der Waals surface area contributed by atoms with Crippen LogP contribution in [0.15, 0.2) is 53.3 Å². The molecule has 0 aliphatic carbocycles. The summed E-state index contributed by atoms with van der Waals surface area (Å²) in [6.07, 6.45) is 0. The molecule has 4 heterocycles. The first kappa shape index (κ1) is 23.6. The number of methoxy groups -OCH3 is 1. The van der Waals surface area contributed by atoms with Gasteiger partial charge in [0.1, 0.15) is 22.6 Å². The largest absolute Gasteiger partial charge is 0.494 e. The van der Waals surface area contributed by atoms with E-state index in [-0.39, 0.29) is 17.0 Å². The molecule has 1 N–H and O–H groups in total. The molecule has 0 amide bonds. The number of nitrogens with zero attached hydrogens (tertiary/aromatic N) is 5. The number of piperazine rings is 1. The van der Waals surface area contributed by atoms with Gasteiger partial charge in [0, 0.05) is 43.5 Å². The minimum Gasteiger partial charge on any atom is -0.494 e. The normalized spacial score (nSPS) is 19.7. The van der Waals surface area contributed by atoms with E-state index in [0.717, 1.165) is 48.7 Å². The van der Waals surface area contributed by atoms with E-state index < -0.39 is 11.4 Å². The molecule has 1 atom stereocenters. The Bertz CT molecular complexity index is 1510. The van der Waals surface area contributed by atoms with Crippen LogP contribution in [0.4, 0.5) is 10.1 Å². The van der Waals surface area contributed by atoms with Crippen molar-refractivity contribution in [2.45, 2.75) is 25.5 Å². The zero-order valence-electron chi connectivity index (χ0n) is 21.1. The van der Waals surface area contributed by atoms with E-state index in [2.05, 4.69) is 51.1 Å². The summed E-state index contributed by atoms with van der Waals surface area (Å²) in [5.41, 5.74) is 2.88. The zero-order chi connectivity index (χ0) is 25.7. The number of anilines is 1. The minimum absolute atomic E-state index is 0.0337. The van der Waals surface area contributed by atoms with Crippen molar-refractivity contribution in [3.8, 4) is 22.7 Å². The topological polar surface area (TPSA) is 88.5 Å². The lowest BCUT2D eigenvalue weighted by molar-refractivity contribution is -0.116. The standard InChI is InChI=1S/C27H29FN6O3/c1-27(2)16-33-12-11-32(14-19(33)15-37-27)18-9-7-17(8-10-18)24-25-21(29-30-24)13-23(35)34(31-25)26-20(28)5-4-6-22(26)36-3/h4-10,13,19,29H,11-12,14-16H2,1-3H3/t19-/m1/s1. The Kier molecular flexibility index (Phi) is 5.73. The second-order valence-corrected chi connectivity index (χ2v) is 10.2. The summed E-state index contributed by atoms with van der Waals surface area (Å²) in [7, 11) is 1.43. The molecule has 2 fully saturated rings. The van der Waals surface area contributed by atoms with Crippen LogP contribution in [0.5, 0.6) is 5.75 Å². The van der Waals surface area contributed by atoms with E-state index in [1.807, 2.05) is 12.1 Å². The van der Waals surface area contributed by atoms with Gasteiger partial charge in [0.05, 0.1) is 30.9 Å². The van der Waals surface area contributed by atoms with Crippen LogP contribution < -0.4 is 15.2 Å². The van der Waals surface area contributed by atoms with Crippen LogP contribution in [0.1, 0.15) is 13.8 Å². The molecule has 0 bridgehead atoms. The van der Waals surface area contributed by atoms with Gasteiger partial charge in [-0.25, -0.2) is 4.39 Å². The molecule has 2 aromatic heterocycles. The number of fused-ring (bicyclic) bond motifs is 2. The number of morpholine rings is 1. The predicted molar refractivity (Wildman–Crippen MR) is 139 cm³/mol. The molecule has 0 radical (unpaired) electrons. The SMILES string of the molecule is COc1cccc(F)c1-n1nc2c(-c3ccc(N4CCN5CC(C)(C)OC[C@H]5C4)cc3)n[nH]c2cc1=O. The third-order valence-corrected chi connectivity index (χ3v) is 7.19. The number of hydrogen-bond acceptors (Lipinski definition) is 7. The molecule has 2 aromatic carbocycles. The summed E-state index contributed by atoms with van der Waals surface area (Å²) in [6, 6.07) is 14.3. The molecule has 9 nitrogen and oxygen atoms in total. The van der Waals surface area contributed by atoms with E-state index in [1.54, 1.807) is 6.07 Å². The summed E-state index contributed by atoms with van der Waals surface area (Å²) in [5, 5.41) is 11.8. The third kappa shape index (κ3) is 4.25. The zero-order valence-corrected chi connectivity index (χ0v) is 21.1. The minimum atomic E-state index is -0.602. The van der Waals surface area contributed by atoms with Crippen molar-refractivity contribution in [3.63, 3.8) is 0 Å². The summed E-state index contributed by atoms with van der Waals surface area (Å²) in [4.78, 5) is 17.7. The number of ether oxygens (including phenoxy) is 2. The van der Waals surface area contributed by atoms with Crippen LogP contribution in [-0.4, -0.2) is 76.4 Å². The van der Waals surface area contributed by atoms with Gasteiger partial charge in [-0.3, -0.25) is 14.8 Å². The fourth-order valence-electron chi connectivity index (χ4n) is 5.29. The fraction of sp³-hybridized carbons (Fsp3) is 0.370. The van der Waals surface area contributed by atoms with Gasteiger partial charge in [-0.2, -0.15) is 14.9 Å². The average molecular weight is 505 g/mol. The van der Waals surface area contributed by atoms with Crippen LogP contribution in [0.2, 0.25) is 0 Å². The molecule has 2 aliphatic rings. The van der Waals surface area contributed by atoms with E-state index >= 15 is 0 Å². The monoisotopic (exact) mass is 504 g/mol. The van der Waals surface area contributed by atoms with E-state index in [0.29, 0.717) is 22.8 Å². The number of rotatable bonds is 4. The van der Waals surface area contributed by atoms with Gasteiger partial charge >= 0.3 is 0 Å². The Balaban J connectivity index is 1.30. The van der Waals surface area contributed by atoms with Crippen LogP contribution >= 0.6 is 0 Å². The first-order valence-electron chi connectivity index (χ1n) is 12.4. The lowest BCUT2D eigenvalue weighted by Gasteiger charge is -2.49. The highest BCUT2D eigenvalue weighted by Crippen LogP contribution is 2.30. The maximum absolute atomic E-state index is 14.7. The predicted octanol–water partition coefficient (Wildman–Crippen LogP) is 3.22. The highest BCUT2D eigenvalue weighted by atomic mass is 19.1. The number of H-pyrrole nitrogens is 1. The number of aromatic nitrogens is 4. The van der Waals surface area contributed by atoms with Gasteiger partial charge in [0.15, 0.2) is 5.82 Å². The lowest BCUT2D eigenvalue weighted by Crippen LogP contribution is -2.62. The fourth-order valence-corrected chi connectivity index (χ4v) is 5.29. The molecule has 4 aromatic rings. The number of hydrogen-bond donors (Lipinski definition) is 1. The molecular formula is C27H29FN6O3. The van der Waals surface area contributed by atoms with E-state index in [1.165, 1.54) is 25.3 Å². The van der Waals surface area contributed by atoms with Crippen molar-refractivity contribution < 1.29 is 13.9 Å². The Morgan fingerprint density at radius 3 is 2.76 bits per heavy atom. The highest BCUT2D eigenvalue weighted by molar-refractivity contribution is 5.89. The van der Waals surface area contributed by atoms with Gasteiger partial charge in [0.25, 0.3) is 5.56 Å². The average Bonchev–Trinajstić information content (AvgIpc) is 3.30.